The van der Waals surface area contributed by atoms with Gasteiger partial charge in [-0.2, -0.15) is 0 Å². The summed E-state index contributed by atoms with van der Waals surface area (Å²) in [6, 6.07) is 8.21. The van der Waals surface area contributed by atoms with E-state index < -0.39 is 0 Å². The van der Waals surface area contributed by atoms with Gasteiger partial charge in [0, 0.05) is 17.1 Å². The maximum absolute atomic E-state index is 5.48. The van der Waals surface area contributed by atoms with E-state index in [4.69, 9.17) is 4.74 Å². The highest BCUT2D eigenvalue weighted by Gasteiger charge is 2.08. The van der Waals surface area contributed by atoms with E-state index >= 15 is 0 Å². The van der Waals surface area contributed by atoms with Gasteiger partial charge in [-0.1, -0.05) is 6.07 Å². The highest BCUT2D eigenvalue weighted by atomic mass is 32.1. The van der Waals surface area contributed by atoms with Gasteiger partial charge in [-0.15, -0.1) is 11.3 Å². The van der Waals surface area contributed by atoms with Crippen molar-refractivity contribution in [2.24, 2.45) is 0 Å². The first-order valence-electron chi connectivity index (χ1n) is 6.10. The lowest BCUT2D eigenvalue weighted by molar-refractivity contribution is 0.340. The molecule has 0 bridgehead atoms. The molecule has 0 spiro atoms. The molecular formula is C14H18N2OS. The number of aromatic nitrogens is 1. The summed E-state index contributed by atoms with van der Waals surface area (Å²) in [4.78, 5) is 4.49. The van der Waals surface area contributed by atoms with Crippen LogP contribution < -0.4 is 10.1 Å². The Hall–Kier alpha value is -1.55. The fourth-order valence-corrected chi connectivity index (χ4v) is 2.45. The topological polar surface area (TPSA) is 34.1 Å². The molecule has 0 fully saturated rings. The van der Waals surface area contributed by atoms with Crippen LogP contribution in [-0.4, -0.2) is 11.6 Å². The zero-order valence-corrected chi connectivity index (χ0v) is 11.8. The summed E-state index contributed by atoms with van der Waals surface area (Å²) in [5.41, 5.74) is 2.14. The van der Waals surface area contributed by atoms with Crippen LogP contribution in [0.1, 0.15) is 30.6 Å². The van der Waals surface area contributed by atoms with Crippen LogP contribution in [0.25, 0.3) is 0 Å². The summed E-state index contributed by atoms with van der Waals surface area (Å²) in [7, 11) is 0. The molecule has 0 saturated heterocycles. The first-order valence-corrected chi connectivity index (χ1v) is 6.98. The van der Waals surface area contributed by atoms with Crippen LogP contribution in [-0.2, 0) is 0 Å². The van der Waals surface area contributed by atoms with Crippen LogP contribution in [0, 0.1) is 6.92 Å². The van der Waals surface area contributed by atoms with Gasteiger partial charge in [0.1, 0.15) is 5.75 Å². The number of anilines is 1. The maximum Gasteiger partial charge on any atom is 0.121 e. The molecule has 3 nitrogen and oxygen atoms in total. The Balaban J connectivity index is 2.06. The number of thiazole rings is 1. The molecule has 0 radical (unpaired) electrons. The van der Waals surface area contributed by atoms with Crippen molar-refractivity contribution < 1.29 is 4.74 Å². The number of nitrogens with one attached hydrogen (secondary N) is 1. The average Bonchev–Trinajstić information content (AvgIpc) is 2.77. The van der Waals surface area contributed by atoms with E-state index in [-0.39, 0.29) is 6.04 Å². The molecule has 1 N–H and O–H groups in total. The zero-order valence-electron chi connectivity index (χ0n) is 10.9. The van der Waals surface area contributed by atoms with Crippen molar-refractivity contribution in [3.63, 3.8) is 0 Å². The molecule has 4 heteroatoms. The molecule has 1 aromatic carbocycles. The molecular weight excluding hydrogens is 244 g/mol. The fourth-order valence-electron chi connectivity index (χ4n) is 1.75. The Kier molecular flexibility index (Phi) is 4.20. The van der Waals surface area contributed by atoms with Crippen LogP contribution in [0.4, 0.5) is 5.69 Å². The zero-order chi connectivity index (χ0) is 13.0. The summed E-state index contributed by atoms with van der Waals surface area (Å²) < 4.78 is 5.48. The van der Waals surface area contributed by atoms with Crippen molar-refractivity contribution >= 4 is 17.0 Å². The lowest BCUT2D eigenvalue weighted by Crippen LogP contribution is -2.07. The van der Waals surface area contributed by atoms with Gasteiger partial charge in [-0.3, -0.25) is 0 Å². The molecule has 0 aliphatic rings. The molecule has 1 atom stereocenters. The second-order valence-corrected chi connectivity index (χ2v) is 5.18. The Morgan fingerprint density at radius 3 is 2.94 bits per heavy atom. The molecule has 1 aromatic heterocycles. The van der Waals surface area contributed by atoms with Crippen molar-refractivity contribution in [2.75, 3.05) is 11.9 Å². The number of aryl methyl sites for hydroxylation is 1. The van der Waals surface area contributed by atoms with Crippen molar-refractivity contribution in [3.8, 4) is 5.75 Å². The van der Waals surface area contributed by atoms with Gasteiger partial charge in [0.15, 0.2) is 0 Å². The lowest BCUT2D eigenvalue weighted by Gasteiger charge is -2.14. The van der Waals surface area contributed by atoms with E-state index in [0.717, 1.165) is 22.1 Å². The Morgan fingerprint density at radius 1 is 1.44 bits per heavy atom. The second-order valence-electron chi connectivity index (χ2n) is 4.12. The molecule has 18 heavy (non-hydrogen) atoms. The van der Waals surface area contributed by atoms with Crippen LogP contribution >= 0.6 is 11.3 Å². The molecule has 0 aliphatic heterocycles. The smallest absolute Gasteiger partial charge is 0.121 e. The Labute approximate surface area is 112 Å². The number of hydrogen-bond donors (Lipinski definition) is 1. The monoisotopic (exact) mass is 262 g/mol. The summed E-state index contributed by atoms with van der Waals surface area (Å²) in [5.74, 6) is 0.893. The third-order valence-corrected chi connectivity index (χ3v) is 3.40. The van der Waals surface area contributed by atoms with Gasteiger partial charge in [0.25, 0.3) is 0 Å². The summed E-state index contributed by atoms with van der Waals surface area (Å²) in [6.45, 7) is 6.81. The van der Waals surface area contributed by atoms with E-state index in [1.807, 2.05) is 38.1 Å². The summed E-state index contributed by atoms with van der Waals surface area (Å²) in [5, 5.41) is 6.63. The number of ether oxygens (including phenoxy) is 1. The normalized spacial score (nSPS) is 12.2. The standard InChI is InChI=1S/C14H18N2OS/c1-4-17-13-7-5-6-12(8-13)15-10(2)14-9-18-11(3)16-14/h5-10,15H,4H2,1-3H3. The number of hydrogen-bond acceptors (Lipinski definition) is 4. The lowest BCUT2D eigenvalue weighted by atomic mass is 10.2. The average molecular weight is 262 g/mol. The molecule has 0 aliphatic carbocycles. The third-order valence-electron chi connectivity index (χ3n) is 2.61. The van der Waals surface area contributed by atoms with Crippen LogP contribution in [0.2, 0.25) is 0 Å². The van der Waals surface area contributed by atoms with Crippen molar-refractivity contribution in [1.82, 2.24) is 4.98 Å². The highest BCUT2D eigenvalue weighted by molar-refractivity contribution is 7.09. The summed E-state index contributed by atoms with van der Waals surface area (Å²) in [6.07, 6.45) is 0. The molecule has 0 saturated carbocycles. The number of nitrogens with zero attached hydrogens (tertiary/aromatic N) is 1. The van der Waals surface area contributed by atoms with Gasteiger partial charge < -0.3 is 10.1 Å². The van der Waals surface area contributed by atoms with E-state index in [0.29, 0.717) is 6.61 Å². The number of benzene rings is 1. The van der Waals surface area contributed by atoms with Crippen LogP contribution in [0.15, 0.2) is 29.6 Å². The van der Waals surface area contributed by atoms with Crippen LogP contribution in [0.5, 0.6) is 5.75 Å². The summed E-state index contributed by atoms with van der Waals surface area (Å²) >= 11 is 1.68. The van der Waals surface area contributed by atoms with Crippen molar-refractivity contribution in [1.29, 1.82) is 0 Å². The van der Waals surface area contributed by atoms with Gasteiger partial charge in [0.05, 0.1) is 23.4 Å². The van der Waals surface area contributed by atoms with Gasteiger partial charge in [-0.25, -0.2) is 4.98 Å². The van der Waals surface area contributed by atoms with Crippen LogP contribution in [0.3, 0.4) is 0 Å². The highest BCUT2D eigenvalue weighted by Crippen LogP contribution is 2.23. The van der Waals surface area contributed by atoms with Crippen molar-refractivity contribution in [3.05, 3.63) is 40.3 Å². The van der Waals surface area contributed by atoms with Crippen molar-refractivity contribution in [2.45, 2.75) is 26.8 Å². The SMILES string of the molecule is CCOc1cccc(NC(C)c2csc(C)n2)c1. The van der Waals surface area contributed by atoms with E-state index in [2.05, 4.69) is 22.6 Å². The Morgan fingerprint density at radius 2 is 2.28 bits per heavy atom. The first kappa shape index (κ1) is 12.9. The second kappa shape index (κ2) is 5.87. The van der Waals surface area contributed by atoms with Gasteiger partial charge >= 0.3 is 0 Å². The molecule has 2 rings (SSSR count). The fraction of sp³-hybridized carbons (Fsp3) is 0.357. The molecule has 0 amide bonds. The first-order chi connectivity index (χ1) is 8.69. The predicted molar refractivity (Wildman–Crippen MR) is 76.5 cm³/mol. The maximum atomic E-state index is 5.48. The minimum absolute atomic E-state index is 0.201. The molecule has 2 aromatic rings. The quantitative estimate of drug-likeness (QED) is 0.883. The Bertz CT molecular complexity index is 510. The molecule has 1 heterocycles. The van der Waals surface area contributed by atoms with E-state index in [1.165, 1.54) is 0 Å². The molecule has 1 unspecified atom stereocenters. The van der Waals surface area contributed by atoms with Gasteiger partial charge in [0.2, 0.25) is 0 Å². The van der Waals surface area contributed by atoms with Gasteiger partial charge in [-0.05, 0) is 32.9 Å². The number of rotatable bonds is 5. The predicted octanol–water partition coefficient (Wildman–Crippen LogP) is 4.02. The largest absolute Gasteiger partial charge is 0.494 e. The third kappa shape index (κ3) is 3.23. The minimum atomic E-state index is 0.201. The van der Waals surface area contributed by atoms with E-state index in [1.54, 1.807) is 11.3 Å². The molecule has 96 valence electrons. The van der Waals surface area contributed by atoms with E-state index in [9.17, 15) is 0 Å². The minimum Gasteiger partial charge on any atom is -0.494 e.